The summed E-state index contributed by atoms with van der Waals surface area (Å²) in [5, 5.41) is 9.12. The summed E-state index contributed by atoms with van der Waals surface area (Å²) in [5.74, 6) is 0. The molecule has 0 aromatic heterocycles. The fraction of sp³-hybridized carbons (Fsp3) is 1.00. The van der Waals surface area contributed by atoms with Gasteiger partial charge in [0, 0.05) is 0 Å². The molecule has 0 aliphatic heterocycles. The van der Waals surface area contributed by atoms with Crippen LogP contribution in [0.15, 0.2) is 0 Å². The monoisotopic (exact) mass is 282 g/mol. The largest absolute Gasteiger partial charge is 0.426 e. The molecule has 0 radical (unpaired) electrons. The highest BCUT2D eigenvalue weighted by molar-refractivity contribution is 4.91. The molecular weight excluding hydrogens is 266 g/mol. The van der Waals surface area contributed by atoms with Crippen molar-refractivity contribution < 1.29 is 36.2 Å². The Morgan fingerprint density at radius 3 is 1.78 bits per heavy atom. The van der Waals surface area contributed by atoms with Crippen LogP contribution in [0.4, 0.5) is 26.3 Å². The van der Waals surface area contributed by atoms with E-state index >= 15 is 0 Å². The van der Waals surface area contributed by atoms with Gasteiger partial charge in [0.2, 0.25) is 0 Å². The molecule has 1 unspecified atom stereocenters. The summed E-state index contributed by atoms with van der Waals surface area (Å²) >= 11 is 0. The molecule has 1 atom stereocenters. The van der Waals surface area contributed by atoms with Gasteiger partial charge in [0.15, 0.2) is 6.29 Å². The van der Waals surface area contributed by atoms with Crippen molar-refractivity contribution in [2.24, 2.45) is 0 Å². The lowest BCUT2D eigenvalue weighted by atomic mass is 10.1. The van der Waals surface area contributed by atoms with Crippen LogP contribution in [0.2, 0.25) is 0 Å². The lowest BCUT2D eigenvalue weighted by Gasteiger charge is -2.35. The molecule has 0 aliphatic carbocycles. The highest BCUT2D eigenvalue weighted by Gasteiger charge is 2.69. The van der Waals surface area contributed by atoms with Crippen LogP contribution in [-0.4, -0.2) is 29.4 Å². The summed E-state index contributed by atoms with van der Waals surface area (Å²) in [6, 6.07) is 0. The first kappa shape index (κ1) is 17.5. The zero-order chi connectivity index (χ0) is 14.6. The molecule has 0 spiro atoms. The van der Waals surface area contributed by atoms with Gasteiger partial charge in [-0.2, -0.15) is 26.3 Å². The molecule has 0 aromatic rings. The summed E-state index contributed by atoms with van der Waals surface area (Å²) in [5.41, 5.74) is -4.36. The fourth-order valence-corrected chi connectivity index (χ4v) is 1.19. The van der Waals surface area contributed by atoms with Crippen LogP contribution in [0, 0.1) is 0 Å². The molecule has 0 aliphatic rings. The minimum atomic E-state index is -5.64. The van der Waals surface area contributed by atoms with Gasteiger partial charge in [0.05, 0.1) is 0 Å². The van der Waals surface area contributed by atoms with Gasteiger partial charge < -0.3 is 9.84 Å². The van der Waals surface area contributed by atoms with Crippen LogP contribution in [0.1, 0.15) is 39.5 Å². The van der Waals surface area contributed by atoms with Crippen molar-refractivity contribution in [2.75, 3.05) is 0 Å². The van der Waals surface area contributed by atoms with E-state index in [0.717, 1.165) is 6.42 Å². The van der Waals surface area contributed by atoms with Gasteiger partial charge in [-0.15, -0.1) is 0 Å². The smallest absolute Gasteiger partial charge is 0.368 e. The maximum Gasteiger partial charge on any atom is 0.426 e. The van der Waals surface area contributed by atoms with Crippen LogP contribution in [0.5, 0.6) is 0 Å². The first-order valence-electron chi connectivity index (χ1n) is 5.45. The minimum Gasteiger partial charge on any atom is -0.368 e. The summed E-state index contributed by atoms with van der Waals surface area (Å²) in [7, 11) is 0. The SMILES string of the molecule is CCCCCC(O)OC(C)(C(F)(F)F)C(F)(F)F. The Balaban J connectivity index is 4.73. The average molecular weight is 282 g/mol. The van der Waals surface area contributed by atoms with E-state index in [-0.39, 0.29) is 13.3 Å². The molecule has 0 aromatic carbocycles. The van der Waals surface area contributed by atoms with E-state index in [1.54, 1.807) is 0 Å². The van der Waals surface area contributed by atoms with Crippen molar-refractivity contribution in [1.29, 1.82) is 0 Å². The van der Waals surface area contributed by atoms with Crippen LogP contribution in [-0.2, 0) is 4.74 Å². The Labute approximate surface area is 101 Å². The number of aliphatic hydroxyl groups excluding tert-OH is 1. The Hall–Kier alpha value is -0.500. The summed E-state index contributed by atoms with van der Waals surface area (Å²) in [6.45, 7) is 1.68. The quantitative estimate of drug-likeness (QED) is 0.456. The van der Waals surface area contributed by atoms with E-state index in [4.69, 9.17) is 5.11 Å². The Morgan fingerprint density at radius 1 is 1.00 bits per heavy atom. The number of hydrogen-bond donors (Lipinski definition) is 1. The van der Waals surface area contributed by atoms with Crippen molar-refractivity contribution in [3.05, 3.63) is 0 Å². The molecule has 0 saturated carbocycles. The molecule has 0 amide bonds. The molecular formula is C10H16F6O2. The van der Waals surface area contributed by atoms with E-state index in [9.17, 15) is 26.3 Å². The third kappa shape index (κ3) is 4.31. The third-order valence-corrected chi connectivity index (χ3v) is 2.51. The van der Waals surface area contributed by atoms with Crippen LogP contribution in [0.3, 0.4) is 0 Å². The Bertz CT molecular complexity index is 234. The standard InChI is InChI=1S/C10H16F6O2/c1-3-4-5-6-7(17)18-8(2,9(11,12)13)10(14,15)16/h7,17H,3-6H2,1-2H3. The third-order valence-electron chi connectivity index (χ3n) is 2.51. The van der Waals surface area contributed by atoms with Gasteiger partial charge in [-0.1, -0.05) is 19.8 Å². The normalized spacial score (nSPS) is 15.8. The number of alkyl halides is 6. The zero-order valence-corrected chi connectivity index (χ0v) is 10.0. The molecule has 1 N–H and O–H groups in total. The fourth-order valence-electron chi connectivity index (χ4n) is 1.19. The lowest BCUT2D eigenvalue weighted by molar-refractivity contribution is -0.399. The van der Waals surface area contributed by atoms with Crippen LogP contribution < -0.4 is 0 Å². The molecule has 8 heteroatoms. The van der Waals surface area contributed by atoms with E-state index < -0.39 is 24.2 Å². The predicted molar refractivity (Wildman–Crippen MR) is 51.7 cm³/mol. The second-order valence-electron chi connectivity index (χ2n) is 4.10. The zero-order valence-electron chi connectivity index (χ0n) is 10.0. The number of ether oxygens (including phenoxy) is 1. The van der Waals surface area contributed by atoms with Crippen molar-refractivity contribution in [1.82, 2.24) is 0 Å². The van der Waals surface area contributed by atoms with Gasteiger partial charge in [-0.25, -0.2) is 0 Å². The predicted octanol–water partition coefficient (Wildman–Crippen LogP) is 3.79. The topological polar surface area (TPSA) is 29.5 Å². The average Bonchev–Trinajstić information content (AvgIpc) is 2.14. The van der Waals surface area contributed by atoms with Crippen molar-refractivity contribution >= 4 is 0 Å². The maximum absolute atomic E-state index is 12.4. The molecule has 0 saturated heterocycles. The van der Waals surface area contributed by atoms with Gasteiger partial charge in [-0.05, 0) is 19.8 Å². The first-order valence-corrected chi connectivity index (χ1v) is 5.45. The Kier molecular flexibility index (Phi) is 5.93. The van der Waals surface area contributed by atoms with E-state index in [1.165, 1.54) is 0 Å². The van der Waals surface area contributed by atoms with Gasteiger partial charge in [0.25, 0.3) is 5.60 Å². The highest BCUT2D eigenvalue weighted by Crippen LogP contribution is 2.46. The van der Waals surface area contributed by atoms with Crippen LogP contribution >= 0.6 is 0 Å². The van der Waals surface area contributed by atoms with Gasteiger partial charge in [0.1, 0.15) is 0 Å². The van der Waals surface area contributed by atoms with Crippen LogP contribution in [0.25, 0.3) is 0 Å². The molecule has 0 fully saturated rings. The highest BCUT2D eigenvalue weighted by atomic mass is 19.4. The number of halogens is 6. The molecule has 0 heterocycles. The van der Waals surface area contributed by atoms with E-state index in [1.807, 2.05) is 6.92 Å². The second kappa shape index (κ2) is 6.10. The number of hydrogen-bond acceptors (Lipinski definition) is 2. The van der Waals surface area contributed by atoms with Crippen molar-refractivity contribution in [2.45, 2.75) is 63.8 Å². The molecule has 0 bridgehead atoms. The van der Waals surface area contributed by atoms with E-state index in [2.05, 4.69) is 4.74 Å². The molecule has 0 rings (SSSR count). The number of rotatable bonds is 6. The molecule has 110 valence electrons. The molecule has 18 heavy (non-hydrogen) atoms. The summed E-state index contributed by atoms with van der Waals surface area (Å²) in [6.07, 6.45) is -12.0. The van der Waals surface area contributed by atoms with Gasteiger partial charge in [-0.3, -0.25) is 0 Å². The minimum absolute atomic E-state index is 0.129. The maximum atomic E-state index is 12.4. The molecule has 2 nitrogen and oxygen atoms in total. The Morgan fingerprint density at radius 2 is 1.44 bits per heavy atom. The summed E-state index contributed by atoms with van der Waals surface area (Å²) in [4.78, 5) is 0. The number of unbranched alkanes of at least 4 members (excludes halogenated alkanes) is 2. The lowest BCUT2D eigenvalue weighted by Crippen LogP contribution is -2.57. The first-order chi connectivity index (χ1) is 7.95. The number of aliphatic hydroxyl groups is 1. The van der Waals surface area contributed by atoms with E-state index in [0.29, 0.717) is 12.8 Å². The second-order valence-corrected chi connectivity index (χ2v) is 4.10. The van der Waals surface area contributed by atoms with Gasteiger partial charge >= 0.3 is 12.4 Å². The summed E-state index contributed by atoms with van der Waals surface area (Å²) < 4.78 is 78.2. The van der Waals surface area contributed by atoms with Crippen molar-refractivity contribution in [3.63, 3.8) is 0 Å². The van der Waals surface area contributed by atoms with Crippen molar-refractivity contribution in [3.8, 4) is 0 Å².